The lowest BCUT2D eigenvalue weighted by Crippen LogP contribution is -2.27. The summed E-state index contributed by atoms with van der Waals surface area (Å²) >= 11 is 0. The van der Waals surface area contributed by atoms with Crippen molar-refractivity contribution in [3.63, 3.8) is 0 Å². The van der Waals surface area contributed by atoms with E-state index >= 15 is 0 Å². The quantitative estimate of drug-likeness (QED) is 0.167. The minimum atomic E-state index is -0.0693. The number of para-hydroxylation sites is 2. The number of allylic oxidation sites excluding steroid dienone is 6. The molecule has 2 aliphatic rings. The summed E-state index contributed by atoms with van der Waals surface area (Å²) in [4.78, 5) is 14.6. The first-order valence-electron chi connectivity index (χ1n) is 14.8. The molecule has 4 rings (SSSR count). The van der Waals surface area contributed by atoms with Gasteiger partial charge in [-0.15, -0.1) is 0 Å². The van der Waals surface area contributed by atoms with E-state index in [1.165, 1.54) is 33.9 Å². The third-order valence-corrected chi connectivity index (χ3v) is 8.48. The summed E-state index contributed by atoms with van der Waals surface area (Å²) in [7, 11) is 0. The number of hydrogen-bond acceptors (Lipinski definition) is 2. The maximum absolute atomic E-state index is 12.1. The van der Waals surface area contributed by atoms with Gasteiger partial charge >= 0.3 is 0 Å². The highest BCUT2D eigenvalue weighted by Crippen LogP contribution is 2.47. The molecule has 0 fully saturated rings. The van der Waals surface area contributed by atoms with Gasteiger partial charge in [0.25, 0.3) is 0 Å². The smallest absolute Gasteiger partial charge is 0.209 e. The Hall–Kier alpha value is -3.20. The number of nitrogens with zero attached hydrogens (tertiary/aromatic N) is 2. The third kappa shape index (κ3) is 5.73. The van der Waals surface area contributed by atoms with Crippen molar-refractivity contribution < 1.29 is 9.37 Å². The topological polar surface area (TPSA) is 23.3 Å². The van der Waals surface area contributed by atoms with Gasteiger partial charge in [-0.1, -0.05) is 89.2 Å². The summed E-state index contributed by atoms with van der Waals surface area (Å²) in [5, 5.41) is 0. The van der Waals surface area contributed by atoms with Crippen LogP contribution < -0.4 is 4.90 Å². The molecule has 0 unspecified atom stereocenters. The number of ketones is 1. The zero-order valence-electron chi connectivity index (χ0n) is 25.1. The Kier molecular flexibility index (Phi) is 8.79. The Bertz CT molecular complexity index is 1320. The zero-order chi connectivity index (χ0) is 28.2. The second-order valence-electron chi connectivity index (χ2n) is 12.3. The molecule has 0 amide bonds. The first-order valence-corrected chi connectivity index (χ1v) is 14.8. The van der Waals surface area contributed by atoms with Crippen molar-refractivity contribution in [3.8, 4) is 0 Å². The second kappa shape index (κ2) is 11.9. The lowest BCUT2D eigenvalue weighted by Gasteiger charge is -2.27. The van der Waals surface area contributed by atoms with Crippen molar-refractivity contribution >= 4 is 22.9 Å². The van der Waals surface area contributed by atoms with E-state index in [-0.39, 0.29) is 16.7 Å². The molecule has 0 aliphatic carbocycles. The number of Topliss-reactive ketones (excluding diaryl/α,β-unsaturated/α-hetero) is 1. The van der Waals surface area contributed by atoms with Crippen LogP contribution in [0.25, 0.3) is 0 Å². The Labute approximate surface area is 236 Å². The monoisotopic (exact) mass is 523 g/mol. The third-order valence-electron chi connectivity index (χ3n) is 8.48. The standard InChI is InChI=1S/C36H47N2O/c1-8-25-37-30-20-14-12-18-28(30)35(4,5)33(37)23-10-9-11-24-34-36(6,7)29-19-13-15-21-31(29)38(34)26-17-16-22-32(39)27(2)3/h9-15,18-21,23-24,27H,8,16-17,22,25-26H2,1-7H3/q+1. The maximum atomic E-state index is 12.1. The number of carbonyl (C=O) groups is 1. The highest BCUT2D eigenvalue weighted by atomic mass is 16.1. The lowest BCUT2D eigenvalue weighted by atomic mass is 9.81. The number of carbonyl (C=O) groups excluding carboxylic acids is 1. The summed E-state index contributed by atoms with van der Waals surface area (Å²) in [6.45, 7) is 17.5. The SMILES string of the molecule is CCC[N+]1=C(/C=C/C=C/C=C2/N(CCCCC(=O)C(C)C)c3ccccc3C2(C)C)C(C)(C)c2ccccc21. The van der Waals surface area contributed by atoms with E-state index in [1.54, 1.807) is 0 Å². The average molecular weight is 524 g/mol. The van der Waals surface area contributed by atoms with Gasteiger partial charge in [0, 0.05) is 59.8 Å². The average Bonchev–Trinajstić information content (AvgIpc) is 3.25. The van der Waals surface area contributed by atoms with E-state index in [4.69, 9.17) is 0 Å². The fraction of sp³-hybridized carbons (Fsp3) is 0.444. The minimum Gasteiger partial charge on any atom is -0.344 e. The molecular formula is C36H47N2O+. The number of benzene rings is 2. The molecule has 0 saturated carbocycles. The molecule has 0 atom stereocenters. The van der Waals surface area contributed by atoms with Crippen LogP contribution in [0.4, 0.5) is 11.4 Å². The molecule has 2 heterocycles. The number of hydrogen-bond donors (Lipinski definition) is 0. The highest BCUT2D eigenvalue weighted by Gasteiger charge is 2.43. The van der Waals surface area contributed by atoms with E-state index in [2.05, 4.69) is 123 Å². The van der Waals surface area contributed by atoms with Crippen molar-refractivity contribution in [3.05, 3.63) is 95.7 Å². The van der Waals surface area contributed by atoms with Gasteiger partial charge in [-0.2, -0.15) is 4.58 Å². The van der Waals surface area contributed by atoms with Gasteiger partial charge in [-0.05, 0) is 44.4 Å². The summed E-state index contributed by atoms with van der Waals surface area (Å²) in [6.07, 6.45) is 14.9. The Morgan fingerprint density at radius 3 is 2.31 bits per heavy atom. The van der Waals surface area contributed by atoms with Crippen molar-refractivity contribution in [2.45, 2.75) is 85.0 Å². The summed E-state index contributed by atoms with van der Waals surface area (Å²) in [6, 6.07) is 17.6. The normalized spacial score (nSPS) is 18.7. The second-order valence-corrected chi connectivity index (χ2v) is 12.3. The van der Waals surface area contributed by atoms with Gasteiger partial charge in [0.15, 0.2) is 5.71 Å². The van der Waals surface area contributed by atoms with Gasteiger partial charge in [-0.25, -0.2) is 0 Å². The number of fused-ring (bicyclic) bond motifs is 2. The Morgan fingerprint density at radius 1 is 0.897 bits per heavy atom. The van der Waals surface area contributed by atoms with Crippen LogP contribution in [0, 0.1) is 5.92 Å². The van der Waals surface area contributed by atoms with Crippen LogP contribution in [0.5, 0.6) is 0 Å². The molecule has 0 radical (unpaired) electrons. The number of rotatable bonds is 11. The van der Waals surface area contributed by atoms with Gasteiger partial charge < -0.3 is 4.90 Å². The van der Waals surface area contributed by atoms with Crippen molar-refractivity contribution in [1.82, 2.24) is 0 Å². The first kappa shape index (κ1) is 28.8. The van der Waals surface area contributed by atoms with E-state index in [0.717, 1.165) is 32.4 Å². The van der Waals surface area contributed by atoms with Crippen LogP contribution in [-0.2, 0) is 15.6 Å². The highest BCUT2D eigenvalue weighted by molar-refractivity contribution is 6.03. The molecule has 3 heteroatoms. The van der Waals surface area contributed by atoms with E-state index in [0.29, 0.717) is 12.2 Å². The minimum absolute atomic E-state index is 0.0165. The predicted molar refractivity (Wildman–Crippen MR) is 166 cm³/mol. The van der Waals surface area contributed by atoms with E-state index in [9.17, 15) is 4.79 Å². The largest absolute Gasteiger partial charge is 0.344 e. The van der Waals surface area contributed by atoms with Gasteiger partial charge in [0.1, 0.15) is 12.3 Å². The van der Waals surface area contributed by atoms with E-state index in [1.807, 2.05) is 13.8 Å². The fourth-order valence-electron chi connectivity index (χ4n) is 6.20. The maximum Gasteiger partial charge on any atom is 0.209 e. The molecule has 0 N–H and O–H groups in total. The molecule has 0 saturated heterocycles. The summed E-state index contributed by atoms with van der Waals surface area (Å²) in [5.41, 5.74) is 7.99. The van der Waals surface area contributed by atoms with Crippen LogP contribution in [0.15, 0.2) is 84.6 Å². The van der Waals surface area contributed by atoms with Crippen LogP contribution in [0.1, 0.15) is 85.3 Å². The van der Waals surface area contributed by atoms with Crippen LogP contribution >= 0.6 is 0 Å². The van der Waals surface area contributed by atoms with Gasteiger partial charge in [0.05, 0.1) is 5.41 Å². The Balaban J connectivity index is 1.55. The molecule has 39 heavy (non-hydrogen) atoms. The summed E-state index contributed by atoms with van der Waals surface area (Å²) < 4.78 is 2.49. The molecule has 2 aromatic carbocycles. The van der Waals surface area contributed by atoms with Crippen molar-refractivity contribution in [2.24, 2.45) is 5.92 Å². The fourth-order valence-corrected chi connectivity index (χ4v) is 6.20. The predicted octanol–water partition coefficient (Wildman–Crippen LogP) is 8.66. The van der Waals surface area contributed by atoms with Crippen molar-refractivity contribution in [2.75, 3.05) is 18.0 Å². The molecule has 0 aromatic heterocycles. The van der Waals surface area contributed by atoms with E-state index < -0.39 is 0 Å². The van der Waals surface area contributed by atoms with Crippen LogP contribution in [0.2, 0.25) is 0 Å². The number of unbranched alkanes of at least 4 members (excludes halogenated alkanes) is 1. The van der Waals surface area contributed by atoms with Crippen LogP contribution in [0.3, 0.4) is 0 Å². The van der Waals surface area contributed by atoms with Gasteiger partial charge in [-0.3, -0.25) is 4.79 Å². The molecule has 0 bridgehead atoms. The molecule has 2 aliphatic heterocycles. The summed E-state index contributed by atoms with van der Waals surface area (Å²) in [5.74, 6) is 0.493. The van der Waals surface area contributed by atoms with Crippen molar-refractivity contribution in [1.29, 1.82) is 0 Å². The molecule has 206 valence electrons. The molecular weight excluding hydrogens is 476 g/mol. The van der Waals surface area contributed by atoms with Gasteiger partial charge in [0.2, 0.25) is 5.69 Å². The lowest BCUT2D eigenvalue weighted by molar-refractivity contribution is -0.437. The van der Waals surface area contributed by atoms with Crippen LogP contribution in [-0.4, -0.2) is 29.2 Å². The first-order chi connectivity index (χ1) is 18.6. The zero-order valence-corrected chi connectivity index (χ0v) is 25.1. The molecule has 3 nitrogen and oxygen atoms in total. The Morgan fingerprint density at radius 2 is 1.59 bits per heavy atom. The molecule has 2 aromatic rings. The molecule has 0 spiro atoms. The number of anilines is 1.